The van der Waals surface area contributed by atoms with Gasteiger partial charge in [-0.05, 0) is 51.6 Å². The van der Waals surface area contributed by atoms with Gasteiger partial charge in [0.05, 0.1) is 11.7 Å². The first-order valence-corrected chi connectivity index (χ1v) is 10.2. The average molecular weight is 424 g/mol. The fourth-order valence-electron chi connectivity index (χ4n) is 4.11. The Bertz CT molecular complexity index is 985. The number of hydrogen-bond acceptors (Lipinski definition) is 5. The van der Waals surface area contributed by atoms with Gasteiger partial charge in [-0.1, -0.05) is 29.8 Å². The lowest BCUT2D eigenvalue weighted by molar-refractivity contribution is -0.134. The number of benzene rings is 2. The van der Waals surface area contributed by atoms with E-state index in [9.17, 15) is 9.59 Å². The molecule has 2 aromatic carbocycles. The number of aliphatic carboxylic acids is 2. The molecule has 7 nitrogen and oxygen atoms in total. The quantitative estimate of drug-likeness (QED) is 0.704. The number of ether oxygens (including phenoxy) is 1. The molecule has 0 radical (unpaired) electrons. The molecule has 2 aromatic rings. The van der Waals surface area contributed by atoms with Crippen molar-refractivity contribution in [2.45, 2.75) is 26.3 Å². The third-order valence-corrected chi connectivity index (χ3v) is 5.36. The molecule has 1 atom stereocenters. The molecule has 0 bridgehead atoms. The molecule has 31 heavy (non-hydrogen) atoms. The average Bonchev–Trinajstić information content (AvgIpc) is 2.97. The number of anilines is 1. The van der Waals surface area contributed by atoms with Crippen LogP contribution in [0.5, 0.6) is 11.5 Å². The molecular formula is C24H28N2O5. The zero-order valence-electron chi connectivity index (χ0n) is 18.0. The van der Waals surface area contributed by atoms with Crippen molar-refractivity contribution in [3.8, 4) is 11.5 Å². The number of carboxylic acid groups (broad SMARTS) is 2. The van der Waals surface area contributed by atoms with Crippen LogP contribution in [0, 0.1) is 13.8 Å². The third kappa shape index (κ3) is 5.44. The molecule has 164 valence electrons. The Labute approximate surface area is 182 Å². The molecule has 0 amide bonds. The number of likely N-dealkylation sites (N-methyl/N-ethyl adjacent to an activating group) is 1. The first kappa shape index (κ1) is 22.4. The molecule has 7 heteroatoms. The van der Waals surface area contributed by atoms with Gasteiger partial charge in [0.2, 0.25) is 0 Å². The van der Waals surface area contributed by atoms with E-state index in [1.807, 2.05) is 0 Å². The molecule has 4 rings (SSSR count). The maximum atomic E-state index is 9.55. The van der Waals surface area contributed by atoms with E-state index in [0.717, 1.165) is 31.1 Å². The molecule has 0 aromatic heterocycles. The van der Waals surface area contributed by atoms with E-state index in [2.05, 4.69) is 67.1 Å². The van der Waals surface area contributed by atoms with E-state index in [-0.39, 0.29) is 0 Å². The SMILES string of the molecule is Cc1cc(C)c2c(c1)C1CN(C)CCCN1c1ccccc1O2.O=C(O)/C=C\C(=O)O. The molecule has 1 unspecified atom stereocenters. The summed E-state index contributed by atoms with van der Waals surface area (Å²) in [6.07, 6.45) is 2.30. The summed E-state index contributed by atoms with van der Waals surface area (Å²) in [4.78, 5) is 24.1. The minimum atomic E-state index is -1.26. The molecule has 0 spiro atoms. The minimum absolute atomic E-state index is 0.347. The number of aryl methyl sites for hydroxylation is 2. The Morgan fingerprint density at radius 1 is 1.06 bits per heavy atom. The predicted octanol–water partition coefficient (Wildman–Crippen LogP) is 4.00. The van der Waals surface area contributed by atoms with Crippen LogP contribution in [0.4, 0.5) is 5.69 Å². The monoisotopic (exact) mass is 424 g/mol. The number of carbonyl (C=O) groups is 2. The molecule has 2 aliphatic rings. The molecule has 1 saturated heterocycles. The van der Waals surface area contributed by atoms with E-state index in [0.29, 0.717) is 18.2 Å². The van der Waals surface area contributed by atoms with E-state index < -0.39 is 11.9 Å². The molecule has 2 aliphatic heterocycles. The lowest BCUT2D eigenvalue weighted by Gasteiger charge is -2.32. The van der Waals surface area contributed by atoms with Gasteiger partial charge in [-0.15, -0.1) is 0 Å². The Morgan fingerprint density at radius 3 is 2.42 bits per heavy atom. The summed E-state index contributed by atoms with van der Waals surface area (Å²) in [7, 11) is 2.23. The number of rotatable bonds is 2. The second-order valence-corrected chi connectivity index (χ2v) is 7.90. The topological polar surface area (TPSA) is 90.3 Å². The second-order valence-electron chi connectivity index (χ2n) is 7.90. The van der Waals surface area contributed by atoms with Crippen molar-refractivity contribution in [3.05, 3.63) is 65.2 Å². The summed E-state index contributed by atoms with van der Waals surface area (Å²) < 4.78 is 6.40. The smallest absolute Gasteiger partial charge is 0.328 e. The summed E-state index contributed by atoms with van der Waals surface area (Å²) in [5.41, 5.74) is 5.08. The maximum Gasteiger partial charge on any atom is 0.328 e. The van der Waals surface area contributed by atoms with Crippen LogP contribution in [0.25, 0.3) is 0 Å². The third-order valence-electron chi connectivity index (χ3n) is 5.36. The number of para-hydroxylation sites is 2. The second kappa shape index (κ2) is 9.66. The highest BCUT2D eigenvalue weighted by molar-refractivity contribution is 5.89. The van der Waals surface area contributed by atoms with Crippen LogP contribution in [-0.2, 0) is 9.59 Å². The molecule has 0 aliphatic carbocycles. The lowest BCUT2D eigenvalue weighted by atomic mass is 9.98. The van der Waals surface area contributed by atoms with Crippen molar-refractivity contribution >= 4 is 17.6 Å². The molecule has 2 N–H and O–H groups in total. The van der Waals surface area contributed by atoms with Gasteiger partial charge in [-0.2, -0.15) is 0 Å². The Morgan fingerprint density at radius 2 is 1.74 bits per heavy atom. The van der Waals surface area contributed by atoms with E-state index >= 15 is 0 Å². The largest absolute Gasteiger partial charge is 0.478 e. The van der Waals surface area contributed by atoms with Gasteiger partial charge in [0.25, 0.3) is 0 Å². The van der Waals surface area contributed by atoms with Crippen molar-refractivity contribution in [2.75, 3.05) is 31.6 Å². The van der Waals surface area contributed by atoms with Crippen molar-refractivity contribution in [3.63, 3.8) is 0 Å². The molecule has 2 heterocycles. The Balaban J connectivity index is 0.000000293. The van der Waals surface area contributed by atoms with Gasteiger partial charge < -0.3 is 24.7 Å². The van der Waals surface area contributed by atoms with Crippen molar-refractivity contribution in [1.82, 2.24) is 4.90 Å². The molecule has 1 fully saturated rings. The fraction of sp³-hybridized carbons (Fsp3) is 0.333. The maximum absolute atomic E-state index is 9.55. The number of hydrogen-bond donors (Lipinski definition) is 2. The Kier molecular flexibility index (Phi) is 6.97. The standard InChI is InChI=1S/C20H24N2O.C4H4O4/c1-14-11-15(2)20-16(12-14)18-13-21(3)9-6-10-22(18)17-7-4-5-8-19(17)23-20;5-3(6)1-2-4(7)8/h4-5,7-8,11-12,18H,6,9-10,13H2,1-3H3;1-2H,(H,5,6)(H,7,8)/b;2-1-. The van der Waals surface area contributed by atoms with Gasteiger partial charge in [0.15, 0.2) is 5.75 Å². The minimum Gasteiger partial charge on any atom is -0.478 e. The van der Waals surface area contributed by atoms with Gasteiger partial charge in [-0.25, -0.2) is 9.59 Å². The van der Waals surface area contributed by atoms with Crippen LogP contribution < -0.4 is 9.64 Å². The van der Waals surface area contributed by atoms with Crippen LogP contribution in [0.2, 0.25) is 0 Å². The summed E-state index contributed by atoms with van der Waals surface area (Å²) in [5, 5.41) is 15.6. The molecular weight excluding hydrogens is 396 g/mol. The van der Waals surface area contributed by atoms with Gasteiger partial charge in [-0.3, -0.25) is 0 Å². The van der Waals surface area contributed by atoms with E-state index in [1.165, 1.54) is 28.8 Å². The van der Waals surface area contributed by atoms with Crippen LogP contribution >= 0.6 is 0 Å². The first-order valence-electron chi connectivity index (χ1n) is 10.2. The fourth-order valence-corrected chi connectivity index (χ4v) is 4.11. The highest BCUT2D eigenvalue weighted by Crippen LogP contribution is 2.46. The molecule has 0 saturated carbocycles. The summed E-state index contributed by atoms with van der Waals surface area (Å²) in [6.45, 7) is 7.59. The van der Waals surface area contributed by atoms with Crippen LogP contribution in [0.3, 0.4) is 0 Å². The lowest BCUT2D eigenvalue weighted by Crippen LogP contribution is -2.32. The zero-order valence-corrected chi connectivity index (χ0v) is 18.0. The van der Waals surface area contributed by atoms with Crippen molar-refractivity contribution < 1.29 is 24.5 Å². The zero-order chi connectivity index (χ0) is 22.5. The Hall–Kier alpha value is -3.32. The van der Waals surface area contributed by atoms with E-state index in [1.54, 1.807) is 0 Å². The predicted molar refractivity (Wildman–Crippen MR) is 119 cm³/mol. The number of nitrogens with zero attached hydrogens (tertiary/aromatic N) is 2. The van der Waals surface area contributed by atoms with Gasteiger partial charge in [0.1, 0.15) is 5.75 Å². The van der Waals surface area contributed by atoms with Crippen LogP contribution in [0.1, 0.15) is 29.2 Å². The summed E-state index contributed by atoms with van der Waals surface area (Å²) in [6, 6.07) is 13.3. The summed E-state index contributed by atoms with van der Waals surface area (Å²) in [5.74, 6) is -0.488. The van der Waals surface area contributed by atoms with Gasteiger partial charge >= 0.3 is 11.9 Å². The highest BCUT2D eigenvalue weighted by atomic mass is 16.5. The van der Waals surface area contributed by atoms with Crippen LogP contribution in [0.15, 0.2) is 48.6 Å². The highest BCUT2D eigenvalue weighted by Gasteiger charge is 2.32. The normalized spacial score (nSPS) is 17.8. The summed E-state index contributed by atoms with van der Waals surface area (Å²) >= 11 is 0. The van der Waals surface area contributed by atoms with Crippen LogP contribution in [-0.4, -0.2) is 53.7 Å². The number of carboxylic acids is 2. The van der Waals surface area contributed by atoms with Crippen molar-refractivity contribution in [2.24, 2.45) is 0 Å². The van der Waals surface area contributed by atoms with Gasteiger partial charge in [0, 0.05) is 30.8 Å². The number of fused-ring (bicyclic) bond motifs is 5. The first-order chi connectivity index (χ1) is 14.8. The van der Waals surface area contributed by atoms with Crippen molar-refractivity contribution in [1.29, 1.82) is 0 Å². The van der Waals surface area contributed by atoms with E-state index in [4.69, 9.17) is 14.9 Å².